The van der Waals surface area contributed by atoms with Crippen molar-refractivity contribution in [1.29, 1.82) is 0 Å². The average Bonchev–Trinajstić information content (AvgIpc) is 2.42. The lowest BCUT2D eigenvalue weighted by molar-refractivity contribution is -0.117. The molecule has 1 atom stereocenters. The predicted molar refractivity (Wildman–Crippen MR) is 71.3 cm³/mol. The van der Waals surface area contributed by atoms with Crippen molar-refractivity contribution in [3.8, 4) is 5.75 Å². The van der Waals surface area contributed by atoms with Crippen LogP contribution in [-0.2, 0) is 4.79 Å². The van der Waals surface area contributed by atoms with Crippen molar-refractivity contribution in [1.82, 2.24) is 5.32 Å². The second-order valence-corrected chi connectivity index (χ2v) is 3.87. The summed E-state index contributed by atoms with van der Waals surface area (Å²) >= 11 is 0. The molecule has 0 aliphatic carbocycles. The van der Waals surface area contributed by atoms with Gasteiger partial charge in [-0.1, -0.05) is 25.1 Å². The van der Waals surface area contributed by atoms with Gasteiger partial charge in [0, 0.05) is 11.6 Å². The summed E-state index contributed by atoms with van der Waals surface area (Å²) < 4.78 is 5.18. The number of rotatable bonds is 6. The molecule has 0 bridgehead atoms. The quantitative estimate of drug-likeness (QED) is 0.753. The van der Waals surface area contributed by atoms with Gasteiger partial charge in [0.15, 0.2) is 0 Å². The van der Waals surface area contributed by atoms with Gasteiger partial charge in [-0.3, -0.25) is 4.79 Å². The van der Waals surface area contributed by atoms with Gasteiger partial charge in [0.1, 0.15) is 5.75 Å². The highest BCUT2D eigenvalue weighted by Gasteiger charge is 2.06. The average molecular weight is 249 g/mol. The van der Waals surface area contributed by atoms with E-state index < -0.39 is 0 Å². The molecule has 0 fully saturated rings. The lowest BCUT2D eigenvalue weighted by Gasteiger charge is -2.11. The van der Waals surface area contributed by atoms with Crippen molar-refractivity contribution >= 4 is 12.0 Å². The molecule has 0 saturated heterocycles. The molecule has 4 heteroatoms. The fourth-order valence-corrected chi connectivity index (χ4v) is 1.50. The highest BCUT2D eigenvalue weighted by Crippen LogP contribution is 2.18. The first-order chi connectivity index (χ1) is 8.71. The third kappa shape index (κ3) is 4.22. The van der Waals surface area contributed by atoms with Gasteiger partial charge in [-0.15, -0.1) is 0 Å². The predicted octanol–water partition coefficient (Wildman–Crippen LogP) is 1.60. The number of methoxy groups -OCH3 is 1. The van der Waals surface area contributed by atoms with Gasteiger partial charge < -0.3 is 15.2 Å². The van der Waals surface area contributed by atoms with E-state index in [1.165, 1.54) is 6.08 Å². The van der Waals surface area contributed by atoms with Crippen LogP contribution in [0.5, 0.6) is 5.75 Å². The normalized spacial score (nSPS) is 12.4. The van der Waals surface area contributed by atoms with E-state index >= 15 is 0 Å². The molecule has 1 aromatic carbocycles. The van der Waals surface area contributed by atoms with E-state index in [0.29, 0.717) is 6.42 Å². The van der Waals surface area contributed by atoms with Crippen molar-refractivity contribution < 1.29 is 14.6 Å². The SMILES string of the molecule is CCC(CO)NC(=O)/C=C/c1ccccc1OC. The lowest BCUT2D eigenvalue weighted by atomic mass is 10.2. The smallest absolute Gasteiger partial charge is 0.244 e. The van der Waals surface area contributed by atoms with E-state index in [4.69, 9.17) is 9.84 Å². The topological polar surface area (TPSA) is 58.6 Å². The third-order valence-electron chi connectivity index (χ3n) is 2.61. The molecule has 0 spiro atoms. The third-order valence-corrected chi connectivity index (χ3v) is 2.61. The van der Waals surface area contributed by atoms with Gasteiger partial charge in [-0.05, 0) is 18.6 Å². The molecule has 0 saturated carbocycles. The van der Waals surface area contributed by atoms with Gasteiger partial charge in [0.25, 0.3) is 0 Å². The molecular formula is C14H19NO3. The number of benzene rings is 1. The van der Waals surface area contributed by atoms with Crippen molar-refractivity contribution in [3.63, 3.8) is 0 Å². The number of ether oxygens (including phenoxy) is 1. The number of carbonyl (C=O) groups is 1. The van der Waals surface area contributed by atoms with E-state index in [1.807, 2.05) is 31.2 Å². The Morgan fingerprint density at radius 1 is 1.50 bits per heavy atom. The Morgan fingerprint density at radius 2 is 2.22 bits per heavy atom. The fraction of sp³-hybridized carbons (Fsp3) is 0.357. The number of aliphatic hydroxyl groups excluding tert-OH is 1. The summed E-state index contributed by atoms with van der Waals surface area (Å²) in [4.78, 5) is 11.6. The van der Waals surface area contributed by atoms with Crippen molar-refractivity contribution in [2.45, 2.75) is 19.4 Å². The van der Waals surface area contributed by atoms with Crippen LogP contribution < -0.4 is 10.1 Å². The molecule has 98 valence electrons. The maximum absolute atomic E-state index is 11.6. The molecule has 1 rings (SSSR count). The van der Waals surface area contributed by atoms with Crippen molar-refractivity contribution in [2.24, 2.45) is 0 Å². The van der Waals surface area contributed by atoms with Crippen LogP contribution in [0.25, 0.3) is 6.08 Å². The zero-order valence-corrected chi connectivity index (χ0v) is 10.7. The Balaban J connectivity index is 2.66. The minimum Gasteiger partial charge on any atom is -0.496 e. The van der Waals surface area contributed by atoms with Crippen LogP contribution in [0.2, 0.25) is 0 Å². The van der Waals surface area contributed by atoms with Crippen LogP contribution in [0.1, 0.15) is 18.9 Å². The van der Waals surface area contributed by atoms with E-state index in [9.17, 15) is 4.79 Å². The van der Waals surface area contributed by atoms with Gasteiger partial charge in [-0.25, -0.2) is 0 Å². The van der Waals surface area contributed by atoms with Crippen molar-refractivity contribution in [2.75, 3.05) is 13.7 Å². The molecule has 0 radical (unpaired) electrons. The maximum atomic E-state index is 11.6. The lowest BCUT2D eigenvalue weighted by Crippen LogP contribution is -2.35. The first-order valence-corrected chi connectivity index (χ1v) is 5.93. The minimum atomic E-state index is -0.221. The molecule has 0 aliphatic rings. The first kappa shape index (κ1) is 14.3. The summed E-state index contributed by atoms with van der Waals surface area (Å²) in [5.41, 5.74) is 0.840. The Kier molecular flexibility index (Phi) is 5.94. The Labute approximate surface area is 107 Å². The van der Waals surface area contributed by atoms with Crippen LogP contribution in [-0.4, -0.2) is 30.8 Å². The molecule has 0 heterocycles. The molecular weight excluding hydrogens is 230 g/mol. The molecule has 4 nitrogen and oxygen atoms in total. The van der Waals surface area contributed by atoms with Gasteiger partial charge in [0.05, 0.1) is 19.8 Å². The number of hydrogen-bond acceptors (Lipinski definition) is 3. The number of para-hydroxylation sites is 1. The summed E-state index contributed by atoms with van der Waals surface area (Å²) in [6.45, 7) is 1.86. The molecule has 18 heavy (non-hydrogen) atoms. The Bertz CT molecular complexity index is 411. The molecule has 0 aromatic heterocycles. The summed E-state index contributed by atoms with van der Waals surface area (Å²) in [7, 11) is 1.59. The monoisotopic (exact) mass is 249 g/mol. The van der Waals surface area contributed by atoms with E-state index in [2.05, 4.69) is 5.32 Å². The molecule has 1 aromatic rings. The summed E-state index contributed by atoms with van der Waals surface area (Å²) in [6, 6.07) is 7.25. The molecule has 2 N–H and O–H groups in total. The zero-order valence-electron chi connectivity index (χ0n) is 10.7. The van der Waals surface area contributed by atoms with Crippen LogP contribution >= 0.6 is 0 Å². The summed E-state index contributed by atoms with van der Waals surface area (Å²) in [5.74, 6) is 0.498. The van der Waals surface area contributed by atoms with Crippen LogP contribution in [0, 0.1) is 0 Å². The number of aliphatic hydroxyl groups is 1. The van der Waals surface area contributed by atoms with Gasteiger partial charge >= 0.3 is 0 Å². The number of amides is 1. The highest BCUT2D eigenvalue weighted by molar-refractivity contribution is 5.92. The Morgan fingerprint density at radius 3 is 2.83 bits per heavy atom. The molecule has 1 unspecified atom stereocenters. The summed E-state index contributed by atoms with van der Waals surface area (Å²) in [6.07, 6.45) is 3.83. The molecule has 1 amide bonds. The number of hydrogen-bond donors (Lipinski definition) is 2. The van der Waals surface area contributed by atoms with Crippen LogP contribution in [0.3, 0.4) is 0 Å². The maximum Gasteiger partial charge on any atom is 0.244 e. The largest absolute Gasteiger partial charge is 0.496 e. The number of nitrogens with one attached hydrogen (secondary N) is 1. The highest BCUT2D eigenvalue weighted by atomic mass is 16.5. The van der Waals surface area contributed by atoms with Crippen LogP contribution in [0.15, 0.2) is 30.3 Å². The zero-order chi connectivity index (χ0) is 13.4. The summed E-state index contributed by atoms with van der Waals surface area (Å²) in [5, 5.41) is 11.7. The standard InChI is InChI=1S/C14H19NO3/c1-3-12(10-16)15-14(17)9-8-11-6-4-5-7-13(11)18-2/h4-9,12,16H,3,10H2,1-2H3,(H,15,17)/b9-8+. The Hall–Kier alpha value is -1.81. The first-order valence-electron chi connectivity index (χ1n) is 5.93. The van der Waals surface area contributed by atoms with Gasteiger partial charge in [0.2, 0.25) is 5.91 Å². The van der Waals surface area contributed by atoms with E-state index in [1.54, 1.807) is 13.2 Å². The molecule has 0 aliphatic heterocycles. The van der Waals surface area contributed by atoms with Crippen LogP contribution in [0.4, 0.5) is 0 Å². The van der Waals surface area contributed by atoms with E-state index in [0.717, 1.165) is 11.3 Å². The van der Waals surface area contributed by atoms with Crippen molar-refractivity contribution in [3.05, 3.63) is 35.9 Å². The fourth-order valence-electron chi connectivity index (χ4n) is 1.50. The minimum absolute atomic E-state index is 0.0509. The second kappa shape index (κ2) is 7.50. The van der Waals surface area contributed by atoms with Gasteiger partial charge in [-0.2, -0.15) is 0 Å². The van der Waals surface area contributed by atoms with E-state index in [-0.39, 0.29) is 18.6 Å². The number of carbonyl (C=O) groups excluding carboxylic acids is 1. The second-order valence-electron chi connectivity index (χ2n) is 3.87.